The summed E-state index contributed by atoms with van der Waals surface area (Å²) >= 11 is 5.96. The molecule has 1 aliphatic rings. The number of benzene rings is 2. The molecule has 0 saturated heterocycles. The van der Waals surface area contributed by atoms with E-state index in [1.165, 1.54) is 5.56 Å². The Morgan fingerprint density at radius 2 is 2.06 bits per heavy atom. The normalized spacial score (nSPS) is 17.1. The van der Waals surface area contributed by atoms with E-state index in [1.807, 2.05) is 36.4 Å². The fourth-order valence-corrected chi connectivity index (χ4v) is 2.43. The Hall–Kier alpha value is -1.67. The van der Waals surface area contributed by atoms with Gasteiger partial charge in [0.2, 0.25) is 0 Å². The SMILES string of the molecule is Clc1cccc(NCC2COc3ccccc32)c1. The second-order valence-electron chi connectivity index (χ2n) is 4.44. The molecule has 18 heavy (non-hydrogen) atoms. The third kappa shape index (κ3) is 2.29. The first-order chi connectivity index (χ1) is 8.83. The molecule has 0 bridgehead atoms. The molecule has 0 saturated carbocycles. The van der Waals surface area contributed by atoms with Crippen molar-refractivity contribution in [3.63, 3.8) is 0 Å². The highest BCUT2D eigenvalue weighted by Crippen LogP contribution is 2.33. The molecule has 0 radical (unpaired) electrons. The highest BCUT2D eigenvalue weighted by molar-refractivity contribution is 6.30. The van der Waals surface area contributed by atoms with Crippen LogP contribution in [-0.2, 0) is 0 Å². The summed E-state index contributed by atoms with van der Waals surface area (Å²) in [6.07, 6.45) is 0. The van der Waals surface area contributed by atoms with E-state index in [4.69, 9.17) is 16.3 Å². The minimum absolute atomic E-state index is 0.403. The van der Waals surface area contributed by atoms with Crippen LogP contribution < -0.4 is 10.1 Å². The topological polar surface area (TPSA) is 21.3 Å². The number of hydrogen-bond donors (Lipinski definition) is 1. The summed E-state index contributed by atoms with van der Waals surface area (Å²) in [6, 6.07) is 16.0. The molecule has 0 aromatic heterocycles. The first-order valence-corrected chi connectivity index (χ1v) is 6.42. The van der Waals surface area contributed by atoms with Crippen molar-refractivity contribution < 1.29 is 4.74 Å². The zero-order valence-electron chi connectivity index (χ0n) is 9.90. The fraction of sp³-hybridized carbons (Fsp3) is 0.200. The standard InChI is InChI=1S/C15H14ClNO/c16-12-4-3-5-13(8-12)17-9-11-10-18-15-7-2-1-6-14(11)15/h1-8,11,17H,9-10H2. The van der Waals surface area contributed by atoms with Crippen molar-refractivity contribution in [3.05, 3.63) is 59.1 Å². The molecule has 1 aliphatic heterocycles. The lowest BCUT2D eigenvalue weighted by atomic mass is 10.0. The average molecular weight is 260 g/mol. The van der Waals surface area contributed by atoms with E-state index >= 15 is 0 Å². The summed E-state index contributed by atoms with van der Waals surface area (Å²) in [5.74, 6) is 1.41. The smallest absolute Gasteiger partial charge is 0.122 e. The van der Waals surface area contributed by atoms with Crippen LogP contribution in [0, 0.1) is 0 Å². The van der Waals surface area contributed by atoms with Crippen molar-refractivity contribution in [3.8, 4) is 5.75 Å². The Morgan fingerprint density at radius 3 is 2.94 bits per heavy atom. The molecule has 0 spiro atoms. The molecular weight excluding hydrogens is 246 g/mol. The van der Waals surface area contributed by atoms with Crippen LogP contribution in [0.5, 0.6) is 5.75 Å². The van der Waals surface area contributed by atoms with Crippen LogP contribution in [0.4, 0.5) is 5.69 Å². The van der Waals surface area contributed by atoms with Gasteiger partial charge in [-0.2, -0.15) is 0 Å². The molecule has 0 amide bonds. The van der Waals surface area contributed by atoms with Crippen LogP contribution in [-0.4, -0.2) is 13.2 Å². The van der Waals surface area contributed by atoms with E-state index in [9.17, 15) is 0 Å². The van der Waals surface area contributed by atoms with Crippen LogP contribution in [0.25, 0.3) is 0 Å². The number of rotatable bonds is 3. The van der Waals surface area contributed by atoms with Crippen molar-refractivity contribution in [2.24, 2.45) is 0 Å². The maximum Gasteiger partial charge on any atom is 0.122 e. The first kappa shape index (κ1) is 11.4. The molecule has 1 unspecified atom stereocenters. The monoisotopic (exact) mass is 259 g/mol. The number of ether oxygens (including phenoxy) is 1. The predicted octanol–water partition coefficient (Wildman–Crippen LogP) is 3.93. The highest BCUT2D eigenvalue weighted by Gasteiger charge is 2.22. The number of hydrogen-bond acceptors (Lipinski definition) is 2. The van der Waals surface area contributed by atoms with Crippen LogP contribution in [0.1, 0.15) is 11.5 Å². The van der Waals surface area contributed by atoms with E-state index in [-0.39, 0.29) is 0 Å². The Bertz CT molecular complexity index is 556. The molecule has 92 valence electrons. The summed E-state index contributed by atoms with van der Waals surface area (Å²) in [5, 5.41) is 4.16. The van der Waals surface area contributed by atoms with E-state index in [1.54, 1.807) is 0 Å². The number of para-hydroxylation sites is 1. The lowest BCUT2D eigenvalue weighted by Crippen LogP contribution is -2.13. The van der Waals surface area contributed by atoms with Crippen molar-refractivity contribution in [1.82, 2.24) is 0 Å². The van der Waals surface area contributed by atoms with Crippen LogP contribution in [0.3, 0.4) is 0 Å². The summed E-state index contributed by atoms with van der Waals surface area (Å²) in [7, 11) is 0. The Labute approximate surface area is 112 Å². The van der Waals surface area contributed by atoms with Gasteiger partial charge in [0, 0.05) is 28.7 Å². The molecule has 1 atom stereocenters. The van der Waals surface area contributed by atoms with Crippen molar-refractivity contribution in [1.29, 1.82) is 0 Å². The van der Waals surface area contributed by atoms with Gasteiger partial charge < -0.3 is 10.1 Å². The quantitative estimate of drug-likeness (QED) is 0.902. The zero-order valence-corrected chi connectivity index (χ0v) is 10.7. The van der Waals surface area contributed by atoms with Gasteiger partial charge in [0.15, 0.2) is 0 Å². The zero-order chi connectivity index (χ0) is 12.4. The molecule has 3 rings (SSSR count). The Kier molecular flexibility index (Phi) is 3.11. The van der Waals surface area contributed by atoms with Gasteiger partial charge >= 0.3 is 0 Å². The Balaban J connectivity index is 1.69. The van der Waals surface area contributed by atoms with Crippen LogP contribution in [0.15, 0.2) is 48.5 Å². The fourth-order valence-electron chi connectivity index (χ4n) is 2.24. The number of nitrogens with one attached hydrogen (secondary N) is 1. The second kappa shape index (κ2) is 4.91. The summed E-state index contributed by atoms with van der Waals surface area (Å²) in [4.78, 5) is 0. The summed E-state index contributed by atoms with van der Waals surface area (Å²) in [6.45, 7) is 1.60. The number of halogens is 1. The van der Waals surface area contributed by atoms with E-state index < -0.39 is 0 Å². The first-order valence-electron chi connectivity index (χ1n) is 6.04. The number of anilines is 1. The minimum Gasteiger partial charge on any atom is -0.493 e. The molecule has 0 aliphatic carbocycles. The Morgan fingerprint density at radius 1 is 1.17 bits per heavy atom. The van der Waals surface area contributed by atoms with Crippen molar-refractivity contribution >= 4 is 17.3 Å². The minimum atomic E-state index is 0.403. The van der Waals surface area contributed by atoms with Gasteiger partial charge in [-0.25, -0.2) is 0 Å². The third-order valence-corrected chi connectivity index (χ3v) is 3.41. The summed E-state index contributed by atoms with van der Waals surface area (Å²) in [5.41, 5.74) is 2.33. The van der Waals surface area contributed by atoms with E-state index in [0.29, 0.717) is 5.92 Å². The van der Waals surface area contributed by atoms with Gasteiger partial charge in [-0.05, 0) is 24.3 Å². The lowest BCUT2D eigenvalue weighted by molar-refractivity contribution is 0.334. The molecule has 3 heteroatoms. The van der Waals surface area contributed by atoms with Gasteiger partial charge in [-0.3, -0.25) is 0 Å². The van der Waals surface area contributed by atoms with Gasteiger partial charge in [-0.15, -0.1) is 0 Å². The highest BCUT2D eigenvalue weighted by atomic mass is 35.5. The molecular formula is C15H14ClNO. The van der Waals surface area contributed by atoms with Crippen molar-refractivity contribution in [2.75, 3.05) is 18.5 Å². The van der Waals surface area contributed by atoms with Crippen molar-refractivity contribution in [2.45, 2.75) is 5.92 Å². The molecule has 2 nitrogen and oxygen atoms in total. The lowest BCUT2D eigenvalue weighted by Gasteiger charge is -2.11. The maximum absolute atomic E-state index is 5.96. The van der Waals surface area contributed by atoms with E-state index in [0.717, 1.165) is 29.6 Å². The summed E-state index contributed by atoms with van der Waals surface area (Å²) < 4.78 is 5.66. The van der Waals surface area contributed by atoms with Gasteiger partial charge in [0.05, 0.1) is 6.61 Å². The van der Waals surface area contributed by atoms with Gasteiger partial charge in [0.25, 0.3) is 0 Å². The predicted molar refractivity (Wildman–Crippen MR) is 74.6 cm³/mol. The molecule has 1 heterocycles. The largest absolute Gasteiger partial charge is 0.493 e. The van der Waals surface area contributed by atoms with Crippen LogP contribution >= 0.6 is 11.6 Å². The molecule has 1 N–H and O–H groups in total. The maximum atomic E-state index is 5.96. The number of fused-ring (bicyclic) bond motifs is 1. The molecule has 2 aromatic rings. The molecule has 0 fully saturated rings. The average Bonchev–Trinajstić information content (AvgIpc) is 2.80. The third-order valence-electron chi connectivity index (χ3n) is 3.18. The van der Waals surface area contributed by atoms with Gasteiger partial charge in [-0.1, -0.05) is 35.9 Å². The van der Waals surface area contributed by atoms with Crippen LogP contribution in [0.2, 0.25) is 5.02 Å². The van der Waals surface area contributed by atoms with Gasteiger partial charge in [0.1, 0.15) is 5.75 Å². The second-order valence-corrected chi connectivity index (χ2v) is 4.87. The molecule has 2 aromatic carbocycles. The van der Waals surface area contributed by atoms with E-state index in [2.05, 4.69) is 17.4 Å².